The van der Waals surface area contributed by atoms with Crippen LogP contribution in [0.2, 0.25) is 5.02 Å². The summed E-state index contributed by atoms with van der Waals surface area (Å²) in [7, 11) is 0. The Kier molecular flexibility index (Phi) is 3.45. The van der Waals surface area contributed by atoms with Gasteiger partial charge in [-0.2, -0.15) is 10.3 Å². The van der Waals surface area contributed by atoms with E-state index in [0.29, 0.717) is 10.7 Å². The van der Waals surface area contributed by atoms with Crippen LogP contribution in [-0.4, -0.2) is 26.5 Å². The maximum atomic E-state index is 10.9. The van der Waals surface area contributed by atoms with Crippen molar-refractivity contribution in [3.8, 4) is 0 Å². The number of benzene rings is 2. The van der Waals surface area contributed by atoms with Crippen LogP contribution in [0.3, 0.4) is 0 Å². The van der Waals surface area contributed by atoms with Crippen LogP contribution in [0.25, 0.3) is 10.8 Å². The number of halogens is 1. The highest BCUT2D eigenvalue weighted by atomic mass is 35.5. The molecule has 106 valence electrons. The number of carboxylic acid groups (broad SMARTS) is 1. The van der Waals surface area contributed by atoms with E-state index in [2.05, 4.69) is 20.7 Å². The molecule has 0 amide bonds. The number of aromatic amines is 1. The zero-order valence-electron chi connectivity index (χ0n) is 10.8. The molecule has 0 atom stereocenters. The number of aromatic carboxylic acids is 1. The topological polar surface area (TPSA) is 90.9 Å². The van der Waals surface area contributed by atoms with Crippen LogP contribution in [0.4, 0.5) is 5.69 Å². The lowest BCUT2D eigenvalue weighted by atomic mass is 10.1. The van der Waals surface area contributed by atoms with Gasteiger partial charge in [-0.25, -0.2) is 4.79 Å². The van der Waals surface area contributed by atoms with Crippen LogP contribution in [0.5, 0.6) is 0 Å². The first kappa shape index (κ1) is 13.4. The number of carbonyl (C=O) groups is 1. The summed E-state index contributed by atoms with van der Waals surface area (Å²) in [5.74, 6) is -1.10. The SMILES string of the molecule is O=C(O)c1n[nH]nc1CNc1ccc2cc(Cl)ccc2c1. The van der Waals surface area contributed by atoms with Crippen molar-refractivity contribution >= 4 is 34.0 Å². The molecule has 0 fully saturated rings. The number of hydrogen-bond donors (Lipinski definition) is 3. The average molecular weight is 303 g/mol. The summed E-state index contributed by atoms with van der Waals surface area (Å²) >= 11 is 5.94. The summed E-state index contributed by atoms with van der Waals surface area (Å²) in [6.07, 6.45) is 0. The van der Waals surface area contributed by atoms with E-state index < -0.39 is 5.97 Å². The Hall–Kier alpha value is -2.60. The molecule has 0 spiro atoms. The van der Waals surface area contributed by atoms with Crippen molar-refractivity contribution in [2.24, 2.45) is 0 Å². The minimum Gasteiger partial charge on any atom is -0.476 e. The number of fused-ring (bicyclic) bond motifs is 1. The van der Waals surface area contributed by atoms with Gasteiger partial charge in [0.05, 0.1) is 6.54 Å². The average Bonchev–Trinajstić information content (AvgIpc) is 2.93. The molecule has 0 unspecified atom stereocenters. The lowest BCUT2D eigenvalue weighted by Gasteiger charge is -2.06. The zero-order chi connectivity index (χ0) is 14.8. The summed E-state index contributed by atoms with van der Waals surface area (Å²) in [6.45, 7) is 0.275. The van der Waals surface area contributed by atoms with Crippen molar-refractivity contribution in [2.75, 3.05) is 5.32 Å². The van der Waals surface area contributed by atoms with Crippen LogP contribution in [0.15, 0.2) is 36.4 Å². The second kappa shape index (κ2) is 5.41. The van der Waals surface area contributed by atoms with E-state index in [4.69, 9.17) is 16.7 Å². The molecule has 7 heteroatoms. The Bertz CT molecular complexity index is 816. The predicted octanol–water partition coefficient (Wildman–Crippen LogP) is 2.92. The summed E-state index contributed by atoms with van der Waals surface area (Å²) in [6, 6.07) is 11.5. The van der Waals surface area contributed by atoms with Crippen LogP contribution < -0.4 is 5.32 Å². The first-order chi connectivity index (χ1) is 10.1. The maximum absolute atomic E-state index is 10.9. The molecule has 2 aromatic carbocycles. The zero-order valence-corrected chi connectivity index (χ0v) is 11.6. The number of hydrogen-bond acceptors (Lipinski definition) is 4. The van der Waals surface area contributed by atoms with Crippen LogP contribution in [0.1, 0.15) is 16.2 Å². The molecule has 0 aliphatic carbocycles. The van der Waals surface area contributed by atoms with E-state index in [1.807, 2.05) is 36.4 Å². The summed E-state index contributed by atoms with van der Waals surface area (Å²) in [4.78, 5) is 10.9. The van der Waals surface area contributed by atoms with Gasteiger partial charge in [-0.1, -0.05) is 23.7 Å². The van der Waals surface area contributed by atoms with Crippen molar-refractivity contribution in [3.05, 3.63) is 52.8 Å². The fraction of sp³-hybridized carbons (Fsp3) is 0.0714. The third-order valence-electron chi connectivity index (χ3n) is 3.08. The quantitative estimate of drug-likeness (QED) is 0.689. The smallest absolute Gasteiger partial charge is 0.358 e. The fourth-order valence-corrected chi connectivity index (χ4v) is 2.24. The molecular weight excluding hydrogens is 292 g/mol. The van der Waals surface area contributed by atoms with Gasteiger partial charge in [0.2, 0.25) is 0 Å². The van der Waals surface area contributed by atoms with Gasteiger partial charge in [-0.15, -0.1) is 5.10 Å². The number of nitrogens with one attached hydrogen (secondary N) is 2. The molecule has 1 heterocycles. The number of anilines is 1. The monoisotopic (exact) mass is 302 g/mol. The van der Waals surface area contributed by atoms with Crippen molar-refractivity contribution in [1.82, 2.24) is 15.4 Å². The Balaban J connectivity index is 1.80. The summed E-state index contributed by atoms with van der Waals surface area (Å²) in [5.41, 5.74) is 1.15. The van der Waals surface area contributed by atoms with E-state index in [-0.39, 0.29) is 12.2 Å². The first-order valence-electron chi connectivity index (χ1n) is 6.19. The number of aromatic nitrogens is 3. The molecule has 6 nitrogen and oxygen atoms in total. The van der Waals surface area contributed by atoms with Crippen molar-refractivity contribution in [3.63, 3.8) is 0 Å². The summed E-state index contributed by atoms with van der Waals surface area (Å²) < 4.78 is 0. The normalized spacial score (nSPS) is 10.7. The molecule has 0 saturated carbocycles. The minimum absolute atomic E-state index is 0.0740. The fourth-order valence-electron chi connectivity index (χ4n) is 2.06. The molecule has 0 bridgehead atoms. The molecule has 1 aromatic heterocycles. The van der Waals surface area contributed by atoms with Gasteiger partial charge in [0.25, 0.3) is 0 Å². The molecule has 0 aliphatic heterocycles. The number of carboxylic acids is 1. The largest absolute Gasteiger partial charge is 0.476 e. The van der Waals surface area contributed by atoms with Crippen molar-refractivity contribution in [2.45, 2.75) is 6.54 Å². The molecule has 0 radical (unpaired) electrons. The Labute approximate surface area is 124 Å². The Morgan fingerprint density at radius 2 is 1.95 bits per heavy atom. The van der Waals surface area contributed by atoms with Gasteiger partial charge in [-0.05, 0) is 35.0 Å². The van der Waals surface area contributed by atoms with E-state index in [1.54, 1.807) is 0 Å². The van der Waals surface area contributed by atoms with E-state index in [0.717, 1.165) is 16.5 Å². The highest BCUT2D eigenvalue weighted by molar-refractivity contribution is 6.31. The molecule has 3 N–H and O–H groups in total. The van der Waals surface area contributed by atoms with Crippen molar-refractivity contribution in [1.29, 1.82) is 0 Å². The van der Waals surface area contributed by atoms with Gasteiger partial charge < -0.3 is 10.4 Å². The van der Waals surface area contributed by atoms with Gasteiger partial charge in [-0.3, -0.25) is 0 Å². The van der Waals surface area contributed by atoms with Gasteiger partial charge >= 0.3 is 5.97 Å². The number of rotatable bonds is 4. The molecule has 0 saturated heterocycles. The van der Waals surface area contributed by atoms with Crippen LogP contribution in [0, 0.1) is 0 Å². The Morgan fingerprint density at radius 1 is 1.19 bits per heavy atom. The van der Waals surface area contributed by atoms with Crippen LogP contribution >= 0.6 is 11.6 Å². The third kappa shape index (κ3) is 2.80. The molecule has 0 aliphatic rings. The Morgan fingerprint density at radius 3 is 2.76 bits per heavy atom. The van der Waals surface area contributed by atoms with Gasteiger partial charge in [0, 0.05) is 10.7 Å². The van der Waals surface area contributed by atoms with Crippen molar-refractivity contribution < 1.29 is 9.90 Å². The van der Waals surface area contributed by atoms with E-state index in [9.17, 15) is 4.79 Å². The van der Waals surface area contributed by atoms with Gasteiger partial charge in [0.15, 0.2) is 5.69 Å². The second-order valence-corrected chi connectivity index (χ2v) is 4.92. The standard InChI is InChI=1S/C14H11ClN4O2/c15-10-3-1-9-6-11(4-2-8(9)5-10)16-7-12-13(14(20)21)18-19-17-12/h1-6,16H,7H2,(H,20,21)(H,17,18,19). The highest BCUT2D eigenvalue weighted by Crippen LogP contribution is 2.23. The first-order valence-corrected chi connectivity index (χ1v) is 6.57. The number of H-pyrrole nitrogens is 1. The molecule has 3 aromatic rings. The second-order valence-electron chi connectivity index (χ2n) is 4.48. The number of nitrogens with zero attached hydrogens (tertiary/aromatic N) is 2. The third-order valence-corrected chi connectivity index (χ3v) is 3.32. The lowest BCUT2D eigenvalue weighted by Crippen LogP contribution is -2.07. The molecular formula is C14H11ClN4O2. The highest BCUT2D eigenvalue weighted by Gasteiger charge is 2.14. The minimum atomic E-state index is -1.10. The van der Waals surface area contributed by atoms with Gasteiger partial charge in [0.1, 0.15) is 5.69 Å². The lowest BCUT2D eigenvalue weighted by molar-refractivity contribution is 0.0689. The summed E-state index contributed by atoms with van der Waals surface area (Å²) in [5, 5.41) is 24.6. The molecule has 21 heavy (non-hydrogen) atoms. The maximum Gasteiger partial charge on any atom is 0.358 e. The van der Waals surface area contributed by atoms with Crippen LogP contribution in [-0.2, 0) is 6.54 Å². The molecule has 3 rings (SSSR count). The van der Waals surface area contributed by atoms with E-state index >= 15 is 0 Å². The van der Waals surface area contributed by atoms with E-state index in [1.165, 1.54) is 0 Å². The predicted molar refractivity (Wildman–Crippen MR) is 79.6 cm³/mol.